The first kappa shape index (κ1) is 18.0. The molecule has 2 aromatic rings. The van der Waals surface area contributed by atoms with E-state index in [0.29, 0.717) is 6.42 Å². The van der Waals surface area contributed by atoms with Crippen LogP contribution in [0, 0.1) is 5.92 Å². The van der Waals surface area contributed by atoms with E-state index >= 15 is 0 Å². The van der Waals surface area contributed by atoms with E-state index < -0.39 is 18.1 Å². The molecular weight excluding hydrogens is 334 g/mol. The van der Waals surface area contributed by atoms with Gasteiger partial charge in [-0.2, -0.15) is 0 Å². The average Bonchev–Trinajstić information content (AvgIpc) is 3.12. The number of nitrogens with zero attached hydrogens (tertiary/aromatic N) is 2. The molecule has 0 fully saturated rings. The van der Waals surface area contributed by atoms with Crippen molar-refractivity contribution in [2.24, 2.45) is 5.92 Å². The lowest BCUT2D eigenvalue weighted by Gasteiger charge is -2.40. The van der Waals surface area contributed by atoms with Crippen LogP contribution in [0.4, 0.5) is 4.79 Å². The third kappa shape index (κ3) is 3.42. The number of fused-ring (bicyclic) bond motifs is 1. The molecule has 7 nitrogen and oxygen atoms in total. The van der Waals surface area contributed by atoms with Gasteiger partial charge in [-0.1, -0.05) is 44.2 Å². The topological polar surface area (TPSA) is 84.5 Å². The van der Waals surface area contributed by atoms with E-state index in [4.69, 9.17) is 9.47 Å². The van der Waals surface area contributed by atoms with E-state index in [1.807, 2.05) is 44.2 Å². The molecule has 7 heteroatoms. The van der Waals surface area contributed by atoms with E-state index in [-0.39, 0.29) is 18.6 Å². The first-order valence-electron chi connectivity index (χ1n) is 8.62. The Morgan fingerprint density at radius 1 is 1.31 bits per heavy atom. The van der Waals surface area contributed by atoms with Crippen molar-refractivity contribution in [1.29, 1.82) is 0 Å². The van der Waals surface area contributed by atoms with E-state index in [1.165, 1.54) is 12.0 Å². The Kier molecular flexibility index (Phi) is 5.25. The summed E-state index contributed by atoms with van der Waals surface area (Å²) in [6.45, 7) is 4.13. The second-order valence-corrected chi connectivity index (χ2v) is 6.64. The van der Waals surface area contributed by atoms with Crippen molar-refractivity contribution in [3.05, 3.63) is 53.6 Å². The molecule has 26 heavy (non-hydrogen) atoms. The Balaban J connectivity index is 1.88. The normalized spacial score (nSPS) is 19.2. The summed E-state index contributed by atoms with van der Waals surface area (Å²) < 4.78 is 10.4. The molecule has 1 aromatic carbocycles. The molecule has 2 unspecified atom stereocenters. The van der Waals surface area contributed by atoms with Gasteiger partial charge in [0, 0.05) is 6.42 Å². The van der Waals surface area contributed by atoms with Gasteiger partial charge in [-0.3, -0.25) is 4.90 Å². The summed E-state index contributed by atoms with van der Waals surface area (Å²) in [7, 11) is 1.32. The van der Waals surface area contributed by atoms with Gasteiger partial charge < -0.3 is 14.5 Å². The van der Waals surface area contributed by atoms with Crippen LogP contribution in [0.3, 0.4) is 0 Å². The van der Waals surface area contributed by atoms with Gasteiger partial charge in [-0.05, 0) is 11.5 Å². The maximum atomic E-state index is 12.9. The van der Waals surface area contributed by atoms with E-state index in [9.17, 15) is 9.59 Å². The van der Waals surface area contributed by atoms with Crippen molar-refractivity contribution in [1.82, 2.24) is 14.9 Å². The maximum absolute atomic E-state index is 12.9. The number of benzene rings is 1. The number of hydrogen-bond acceptors (Lipinski definition) is 5. The number of H-pyrrole nitrogens is 1. The number of aromatic nitrogens is 2. The number of methoxy groups -OCH3 is 1. The van der Waals surface area contributed by atoms with Crippen LogP contribution in [-0.2, 0) is 27.3 Å². The van der Waals surface area contributed by atoms with Gasteiger partial charge in [-0.15, -0.1) is 0 Å². The van der Waals surface area contributed by atoms with Crippen LogP contribution in [0.2, 0.25) is 0 Å². The molecule has 1 aliphatic rings. The van der Waals surface area contributed by atoms with Crippen LogP contribution in [0.5, 0.6) is 0 Å². The number of hydrogen-bond donors (Lipinski definition) is 1. The highest BCUT2D eigenvalue weighted by Gasteiger charge is 2.45. The Morgan fingerprint density at radius 3 is 2.69 bits per heavy atom. The van der Waals surface area contributed by atoms with Crippen LogP contribution in [0.15, 0.2) is 36.7 Å². The third-order valence-corrected chi connectivity index (χ3v) is 4.59. The van der Waals surface area contributed by atoms with Crippen LogP contribution < -0.4 is 0 Å². The largest absolute Gasteiger partial charge is 0.467 e. The molecule has 1 aromatic heterocycles. The monoisotopic (exact) mass is 357 g/mol. The fourth-order valence-corrected chi connectivity index (χ4v) is 3.39. The molecule has 3 rings (SSSR count). The number of carbonyl (C=O) groups is 2. The van der Waals surface area contributed by atoms with Crippen molar-refractivity contribution < 1.29 is 19.1 Å². The Labute approximate surface area is 152 Å². The van der Waals surface area contributed by atoms with Crippen molar-refractivity contribution in [3.8, 4) is 0 Å². The fourth-order valence-electron chi connectivity index (χ4n) is 3.39. The number of nitrogens with one attached hydrogen (secondary N) is 1. The number of rotatable bonds is 4. The predicted octanol–water partition coefficient (Wildman–Crippen LogP) is 2.84. The van der Waals surface area contributed by atoms with E-state index in [1.54, 1.807) is 6.33 Å². The van der Waals surface area contributed by atoms with Crippen molar-refractivity contribution in [2.75, 3.05) is 7.11 Å². The summed E-state index contributed by atoms with van der Waals surface area (Å²) in [6, 6.07) is 8.34. The van der Waals surface area contributed by atoms with Crippen LogP contribution in [0.1, 0.15) is 36.8 Å². The highest BCUT2D eigenvalue weighted by molar-refractivity contribution is 5.82. The Bertz CT molecular complexity index is 772. The van der Waals surface area contributed by atoms with Crippen molar-refractivity contribution in [3.63, 3.8) is 0 Å². The maximum Gasteiger partial charge on any atom is 0.411 e. The molecule has 0 aliphatic carbocycles. The minimum absolute atomic E-state index is 0.0610. The van der Waals surface area contributed by atoms with Crippen molar-refractivity contribution in [2.45, 2.75) is 39.0 Å². The molecule has 138 valence electrons. The number of esters is 1. The SMILES string of the molecule is COC(=O)C1Cc2nc[nH]c2C(C(C)C)N1C(=O)OCc1ccccc1. The first-order valence-corrected chi connectivity index (χ1v) is 8.62. The number of ether oxygens (including phenoxy) is 2. The molecule has 1 aliphatic heterocycles. The molecule has 0 radical (unpaired) electrons. The molecule has 0 saturated carbocycles. The summed E-state index contributed by atoms with van der Waals surface area (Å²) in [4.78, 5) is 34.2. The summed E-state index contributed by atoms with van der Waals surface area (Å²) in [5.74, 6) is -0.410. The quantitative estimate of drug-likeness (QED) is 0.851. The Morgan fingerprint density at radius 2 is 2.04 bits per heavy atom. The van der Waals surface area contributed by atoms with E-state index in [2.05, 4.69) is 9.97 Å². The lowest BCUT2D eigenvalue weighted by atomic mass is 9.89. The second-order valence-electron chi connectivity index (χ2n) is 6.64. The smallest absolute Gasteiger partial charge is 0.411 e. The van der Waals surface area contributed by atoms with Gasteiger partial charge in [0.25, 0.3) is 0 Å². The lowest BCUT2D eigenvalue weighted by molar-refractivity contribution is -0.148. The predicted molar refractivity (Wildman–Crippen MR) is 94.1 cm³/mol. The molecule has 2 heterocycles. The lowest BCUT2D eigenvalue weighted by Crippen LogP contribution is -2.53. The fraction of sp³-hybridized carbons (Fsp3) is 0.421. The second kappa shape index (κ2) is 7.59. The van der Waals surface area contributed by atoms with Crippen LogP contribution >= 0.6 is 0 Å². The number of imidazole rings is 1. The summed E-state index contributed by atoms with van der Waals surface area (Å²) in [5, 5.41) is 0. The van der Waals surface area contributed by atoms with Crippen molar-refractivity contribution >= 4 is 12.1 Å². The average molecular weight is 357 g/mol. The van der Waals surface area contributed by atoms with Gasteiger partial charge in [0.05, 0.1) is 30.9 Å². The highest BCUT2D eigenvalue weighted by atomic mass is 16.6. The summed E-state index contributed by atoms with van der Waals surface area (Å²) in [6.07, 6.45) is 1.35. The molecule has 1 amide bonds. The zero-order valence-corrected chi connectivity index (χ0v) is 15.1. The highest BCUT2D eigenvalue weighted by Crippen LogP contribution is 2.37. The van der Waals surface area contributed by atoms with Crippen LogP contribution in [0.25, 0.3) is 0 Å². The third-order valence-electron chi connectivity index (χ3n) is 4.59. The van der Waals surface area contributed by atoms with Gasteiger partial charge >= 0.3 is 12.1 Å². The molecule has 1 N–H and O–H groups in total. The molecule has 2 atom stereocenters. The standard InChI is InChI=1S/C19H23N3O4/c1-12(2)17-16-14(20-11-21-16)9-15(18(23)25-3)22(17)19(24)26-10-13-7-5-4-6-8-13/h4-8,11-12,15,17H,9-10H2,1-3H3,(H,20,21). The number of carbonyl (C=O) groups excluding carboxylic acids is 2. The Hall–Kier alpha value is -2.83. The summed E-state index contributed by atoms with van der Waals surface area (Å²) >= 11 is 0. The number of amides is 1. The molecule has 0 bridgehead atoms. The zero-order chi connectivity index (χ0) is 18.7. The molecule has 0 spiro atoms. The van der Waals surface area contributed by atoms with Gasteiger partial charge in [0.15, 0.2) is 0 Å². The van der Waals surface area contributed by atoms with Crippen LogP contribution in [-0.4, -0.2) is 40.1 Å². The zero-order valence-electron chi connectivity index (χ0n) is 15.1. The minimum Gasteiger partial charge on any atom is -0.467 e. The molecule has 0 saturated heterocycles. The summed E-state index contributed by atoms with van der Waals surface area (Å²) in [5.41, 5.74) is 2.51. The first-order chi connectivity index (χ1) is 12.5. The van der Waals surface area contributed by atoms with Gasteiger partial charge in [0.2, 0.25) is 0 Å². The van der Waals surface area contributed by atoms with E-state index in [0.717, 1.165) is 17.0 Å². The molecular formula is C19H23N3O4. The number of aromatic amines is 1. The van der Waals surface area contributed by atoms with Gasteiger partial charge in [-0.25, -0.2) is 14.6 Å². The minimum atomic E-state index is -0.758. The van der Waals surface area contributed by atoms with Gasteiger partial charge in [0.1, 0.15) is 12.6 Å².